The van der Waals surface area contributed by atoms with Gasteiger partial charge in [-0.1, -0.05) is 24.3 Å². The molecule has 0 aliphatic carbocycles. The van der Waals surface area contributed by atoms with Crippen molar-refractivity contribution in [3.8, 4) is 11.5 Å². The van der Waals surface area contributed by atoms with Gasteiger partial charge in [0.15, 0.2) is 0 Å². The van der Waals surface area contributed by atoms with Crippen LogP contribution in [0.25, 0.3) is 0 Å². The van der Waals surface area contributed by atoms with Crippen LogP contribution in [-0.2, 0) is 4.79 Å². The number of nitrogen functional groups attached to an aromatic ring is 1. The average Bonchev–Trinajstić information content (AvgIpc) is 2.85. The molecule has 1 atom stereocenters. The van der Waals surface area contributed by atoms with E-state index in [4.69, 9.17) is 15.9 Å². The number of nitrogens with zero attached hydrogens (tertiary/aromatic N) is 3. The number of ether oxygens (including phenoxy) is 1. The Morgan fingerprint density at radius 2 is 1.88 bits per heavy atom. The third-order valence-corrected chi connectivity index (χ3v) is 5.63. The predicted octanol–water partition coefficient (Wildman–Crippen LogP) is 4.25. The van der Waals surface area contributed by atoms with Crippen molar-refractivity contribution in [2.75, 3.05) is 24.1 Å². The molecule has 1 saturated heterocycles. The molecule has 0 spiro atoms. The molecule has 34 heavy (non-hydrogen) atoms. The lowest BCUT2D eigenvalue weighted by atomic mass is 10.0. The molecule has 1 aromatic heterocycles. The van der Waals surface area contributed by atoms with Gasteiger partial charge >= 0.3 is 0 Å². The predicted molar refractivity (Wildman–Crippen MR) is 133 cm³/mol. The molecule has 2 aromatic carbocycles. The lowest BCUT2D eigenvalue weighted by Gasteiger charge is -2.33. The SMILES string of the molecule is C/C=C/C(=O)N1CCCC(Nc2ncnc(N)c2C(=N)c2ccc(Oc3ccccc3)cc2)C1. The van der Waals surface area contributed by atoms with Crippen LogP contribution in [0, 0.1) is 5.41 Å². The highest BCUT2D eigenvalue weighted by Crippen LogP contribution is 2.26. The number of piperidine rings is 1. The number of nitrogens with one attached hydrogen (secondary N) is 2. The maximum Gasteiger partial charge on any atom is 0.246 e. The third kappa shape index (κ3) is 5.40. The lowest BCUT2D eigenvalue weighted by molar-refractivity contribution is -0.127. The highest BCUT2D eigenvalue weighted by molar-refractivity contribution is 6.16. The first-order valence-electron chi connectivity index (χ1n) is 11.3. The molecule has 8 heteroatoms. The summed E-state index contributed by atoms with van der Waals surface area (Å²) >= 11 is 0. The van der Waals surface area contributed by atoms with Gasteiger partial charge < -0.3 is 20.7 Å². The summed E-state index contributed by atoms with van der Waals surface area (Å²) in [7, 11) is 0. The zero-order valence-electron chi connectivity index (χ0n) is 19.1. The van der Waals surface area contributed by atoms with Crippen LogP contribution in [0.1, 0.15) is 30.9 Å². The molecule has 1 fully saturated rings. The van der Waals surface area contributed by atoms with E-state index in [2.05, 4.69) is 15.3 Å². The number of likely N-dealkylation sites (tertiary alicyclic amines) is 1. The number of para-hydroxylation sites is 1. The standard InChI is InChI=1S/C26H28N6O2/c1-2-7-22(33)32-15-6-8-19(16-32)31-26-23(25(28)29-17-30-26)24(27)18-11-13-21(14-12-18)34-20-9-4-3-5-10-20/h2-5,7,9-14,17,19,27H,6,8,15-16H2,1H3,(H3,28,29,30,31)/b7-2+,27-24?. The minimum Gasteiger partial charge on any atom is -0.457 e. The molecule has 1 unspecified atom stereocenters. The van der Waals surface area contributed by atoms with Crippen LogP contribution in [-0.4, -0.2) is 45.6 Å². The van der Waals surface area contributed by atoms with Gasteiger partial charge in [0, 0.05) is 24.7 Å². The summed E-state index contributed by atoms with van der Waals surface area (Å²) in [5.41, 5.74) is 7.50. The molecular formula is C26H28N6O2. The van der Waals surface area contributed by atoms with Crippen LogP contribution in [0.5, 0.6) is 11.5 Å². The van der Waals surface area contributed by atoms with Crippen LogP contribution >= 0.6 is 0 Å². The second-order valence-corrected chi connectivity index (χ2v) is 8.06. The van der Waals surface area contributed by atoms with Gasteiger partial charge in [-0.15, -0.1) is 0 Å². The molecule has 2 heterocycles. The monoisotopic (exact) mass is 456 g/mol. The van der Waals surface area contributed by atoms with Gasteiger partial charge in [-0.2, -0.15) is 0 Å². The summed E-state index contributed by atoms with van der Waals surface area (Å²) in [5.74, 6) is 2.14. The van der Waals surface area contributed by atoms with Gasteiger partial charge in [-0.05, 0) is 62.2 Å². The topological polar surface area (TPSA) is 117 Å². The zero-order valence-corrected chi connectivity index (χ0v) is 19.1. The van der Waals surface area contributed by atoms with E-state index in [1.807, 2.05) is 66.4 Å². The first-order valence-corrected chi connectivity index (χ1v) is 11.3. The highest BCUT2D eigenvalue weighted by atomic mass is 16.5. The smallest absolute Gasteiger partial charge is 0.246 e. The molecule has 0 bridgehead atoms. The van der Waals surface area contributed by atoms with E-state index in [0.29, 0.717) is 29.2 Å². The fraction of sp³-hybridized carbons (Fsp3) is 0.231. The van der Waals surface area contributed by atoms with E-state index in [-0.39, 0.29) is 23.5 Å². The van der Waals surface area contributed by atoms with Crippen molar-refractivity contribution in [2.45, 2.75) is 25.8 Å². The first kappa shape index (κ1) is 23.0. The molecule has 8 nitrogen and oxygen atoms in total. The van der Waals surface area contributed by atoms with E-state index in [0.717, 1.165) is 25.1 Å². The van der Waals surface area contributed by atoms with Crippen molar-refractivity contribution in [3.63, 3.8) is 0 Å². The van der Waals surface area contributed by atoms with E-state index >= 15 is 0 Å². The zero-order chi connectivity index (χ0) is 23.9. The number of allylic oxidation sites excluding steroid dienone is 1. The minimum atomic E-state index is 0.00183. The number of hydrogen-bond acceptors (Lipinski definition) is 7. The summed E-state index contributed by atoms with van der Waals surface area (Å²) in [5, 5.41) is 12.2. The molecule has 174 valence electrons. The molecule has 4 N–H and O–H groups in total. The van der Waals surface area contributed by atoms with E-state index in [1.54, 1.807) is 12.2 Å². The average molecular weight is 457 g/mol. The van der Waals surface area contributed by atoms with Crippen molar-refractivity contribution in [1.82, 2.24) is 14.9 Å². The number of carbonyl (C=O) groups is 1. The highest BCUT2D eigenvalue weighted by Gasteiger charge is 2.25. The van der Waals surface area contributed by atoms with Gasteiger partial charge in [0.05, 0.1) is 11.3 Å². The van der Waals surface area contributed by atoms with Crippen molar-refractivity contribution < 1.29 is 9.53 Å². The summed E-state index contributed by atoms with van der Waals surface area (Å²) < 4.78 is 5.84. The Labute approximate surface area is 199 Å². The Morgan fingerprint density at radius 3 is 2.62 bits per heavy atom. The molecular weight excluding hydrogens is 428 g/mol. The molecule has 1 aliphatic heterocycles. The second kappa shape index (κ2) is 10.6. The summed E-state index contributed by atoms with van der Waals surface area (Å²) in [6.07, 6.45) is 6.49. The Bertz CT molecular complexity index is 1180. The number of anilines is 2. The van der Waals surface area contributed by atoms with Gasteiger partial charge in [0.25, 0.3) is 0 Å². The molecule has 4 rings (SSSR count). The summed E-state index contributed by atoms with van der Waals surface area (Å²) in [6.45, 7) is 3.12. The maximum absolute atomic E-state index is 12.3. The fourth-order valence-electron chi connectivity index (χ4n) is 3.95. The van der Waals surface area contributed by atoms with Crippen LogP contribution in [0.15, 0.2) is 73.1 Å². The van der Waals surface area contributed by atoms with Gasteiger partial charge in [0.2, 0.25) is 5.91 Å². The largest absolute Gasteiger partial charge is 0.457 e. The quantitative estimate of drug-likeness (QED) is 0.361. The summed E-state index contributed by atoms with van der Waals surface area (Å²) in [4.78, 5) is 22.6. The van der Waals surface area contributed by atoms with Crippen molar-refractivity contribution in [1.29, 1.82) is 5.41 Å². The minimum absolute atomic E-state index is 0.00183. The number of amides is 1. The molecule has 0 radical (unpaired) electrons. The molecule has 3 aromatic rings. The van der Waals surface area contributed by atoms with Gasteiger partial charge in [-0.3, -0.25) is 10.2 Å². The van der Waals surface area contributed by atoms with E-state index in [1.165, 1.54) is 6.33 Å². The Kier molecular flexibility index (Phi) is 7.17. The number of hydrogen-bond donors (Lipinski definition) is 3. The fourth-order valence-corrected chi connectivity index (χ4v) is 3.95. The lowest BCUT2D eigenvalue weighted by Crippen LogP contribution is -2.44. The van der Waals surface area contributed by atoms with Crippen LogP contribution in [0.2, 0.25) is 0 Å². The van der Waals surface area contributed by atoms with Crippen LogP contribution < -0.4 is 15.8 Å². The molecule has 0 saturated carbocycles. The van der Waals surface area contributed by atoms with Gasteiger partial charge in [0.1, 0.15) is 29.5 Å². The van der Waals surface area contributed by atoms with Crippen molar-refractivity contribution >= 4 is 23.3 Å². The number of benzene rings is 2. The maximum atomic E-state index is 12.3. The number of aromatic nitrogens is 2. The number of rotatable bonds is 7. The third-order valence-electron chi connectivity index (χ3n) is 5.63. The number of nitrogens with two attached hydrogens (primary N) is 1. The first-order chi connectivity index (χ1) is 16.5. The van der Waals surface area contributed by atoms with Gasteiger partial charge in [-0.25, -0.2) is 9.97 Å². The van der Waals surface area contributed by atoms with Crippen LogP contribution in [0.4, 0.5) is 11.6 Å². The Balaban J connectivity index is 1.51. The molecule has 1 amide bonds. The summed E-state index contributed by atoms with van der Waals surface area (Å²) in [6, 6.07) is 16.8. The second-order valence-electron chi connectivity index (χ2n) is 8.06. The van der Waals surface area contributed by atoms with Crippen LogP contribution in [0.3, 0.4) is 0 Å². The van der Waals surface area contributed by atoms with Crippen molar-refractivity contribution in [3.05, 3.63) is 84.2 Å². The van der Waals surface area contributed by atoms with E-state index in [9.17, 15) is 4.79 Å². The number of carbonyl (C=O) groups excluding carboxylic acids is 1. The Morgan fingerprint density at radius 1 is 1.15 bits per heavy atom. The molecule has 1 aliphatic rings. The Hall–Kier alpha value is -4.20. The normalized spacial score (nSPS) is 15.8. The van der Waals surface area contributed by atoms with Crippen molar-refractivity contribution in [2.24, 2.45) is 0 Å². The van der Waals surface area contributed by atoms with E-state index < -0.39 is 0 Å².